The summed E-state index contributed by atoms with van der Waals surface area (Å²) in [5.74, 6) is 2.70. The predicted octanol–water partition coefficient (Wildman–Crippen LogP) is 2.77. The summed E-state index contributed by atoms with van der Waals surface area (Å²) in [5.41, 5.74) is 2.39. The second kappa shape index (κ2) is 6.85. The molecule has 1 aliphatic heterocycles. The second-order valence-electron chi connectivity index (χ2n) is 4.90. The number of amides is 1. The van der Waals surface area contributed by atoms with E-state index in [4.69, 9.17) is 4.74 Å². The van der Waals surface area contributed by atoms with Crippen LogP contribution < -0.4 is 10.1 Å². The Morgan fingerprint density at radius 2 is 2.37 bits per heavy atom. The molecular weight excluding hydrogens is 258 g/mol. The third kappa shape index (κ3) is 4.16. The zero-order valence-corrected chi connectivity index (χ0v) is 12.4. The van der Waals surface area contributed by atoms with Crippen LogP contribution in [0.5, 0.6) is 5.75 Å². The number of rotatable bonds is 6. The molecule has 1 aromatic rings. The van der Waals surface area contributed by atoms with Gasteiger partial charge < -0.3 is 10.1 Å². The van der Waals surface area contributed by atoms with Crippen molar-refractivity contribution in [2.75, 3.05) is 11.5 Å². The van der Waals surface area contributed by atoms with Crippen molar-refractivity contribution in [3.05, 3.63) is 29.3 Å². The highest BCUT2D eigenvalue weighted by Gasteiger charge is 2.18. The van der Waals surface area contributed by atoms with Gasteiger partial charge in [-0.1, -0.05) is 19.1 Å². The maximum atomic E-state index is 11.6. The number of ether oxygens (including phenoxy) is 1. The molecule has 1 unspecified atom stereocenters. The van der Waals surface area contributed by atoms with Gasteiger partial charge in [0.2, 0.25) is 5.91 Å². The zero-order valence-electron chi connectivity index (χ0n) is 11.6. The van der Waals surface area contributed by atoms with Crippen LogP contribution in [0.4, 0.5) is 0 Å². The average Bonchev–Trinajstić information content (AvgIpc) is 2.76. The number of hydrogen-bond donors (Lipinski definition) is 1. The standard InChI is InChI=1S/C15H21NO2S/c1-3-6-19-10-15(17)16-9-12-4-5-14-13(8-12)7-11(2)18-14/h4-5,8,11H,3,6-7,9-10H2,1-2H3,(H,16,17). The smallest absolute Gasteiger partial charge is 0.230 e. The molecule has 104 valence electrons. The van der Waals surface area contributed by atoms with Crippen LogP contribution in [0.15, 0.2) is 18.2 Å². The minimum Gasteiger partial charge on any atom is -0.490 e. The summed E-state index contributed by atoms with van der Waals surface area (Å²) in [6.07, 6.45) is 2.34. The first-order valence-corrected chi connectivity index (χ1v) is 7.97. The molecule has 1 amide bonds. The second-order valence-corrected chi connectivity index (χ2v) is 6.01. The summed E-state index contributed by atoms with van der Waals surface area (Å²) >= 11 is 1.68. The van der Waals surface area contributed by atoms with Crippen LogP contribution in [0.3, 0.4) is 0 Å². The first-order chi connectivity index (χ1) is 9.19. The van der Waals surface area contributed by atoms with Crippen molar-refractivity contribution in [3.63, 3.8) is 0 Å². The minimum absolute atomic E-state index is 0.114. The molecule has 0 radical (unpaired) electrons. The van der Waals surface area contributed by atoms with Crippen LogP contribution in [-0.2, 0) is 17.8 Å². The van der Waals surface area contributed by atoms with E-state index in [0.29, 0.717) is 12.3 Å². The van der Waals surface area contributed by atoms with E-state index in [1.54, 1.807) is 11.8 Å². The molecule has 3 nitrogen and oxygen atoms in total. The Kier molecular flexibility index (Phi) is 5.14. The van der Waals surface area contributed by atoms with Gasteiger partial charge in [0.05, 0.1) is 5.75 Å². The van der Waals surface area contributed by atoms with Crippen molar-refractivity contribution < 1.29 is 9.53 Å². The molecule has 0 saturated carbocycles. The molecule has 0 aromatic heterocycles. The molecule has 0 bridgehead atoms. The van der Waals surface area contributed by atoms with Crippen LogP contribution >= 0.6 is 11.8 Å². The Labute approximate surface area is 119 Å². The van der Waals surface area contributed by atoms with Gasteiger partial charge in [0.25, 0.3) is 0 Å². The molecular formula is C15H21NO2S. The maximum Gasteiger partial charge on any atom is 0.230 e. The highest BCUT2D eigenvalue weighted by Crippen LogP contribution is 2.29. The van der Waals surface area contributed by atoms with Gasteiger partial charge >= 0.3 is 0 Å². The first-order valence-electron chi connectivity index (χ1n) is 6.82. The quantitative estimate of drug-likeness (QED) is 0.814. The SMILES string of the molecule is CCCSCC(=O)NCc1ccc2c(c1)CC(C)O2. The van der Waals surface area contributed by atoms with Gasteiger partial charge in [-0.15, -0.1) is 0 Å². The lowest BCUT2D eigenvalue weighted by atomic mass is 10.1. The van der Waals surface area contributed by atoms with Gasteiger partial charge in [0.1, 0.15) is 11.9 Å². The Morgan fingerprint density at radius 3 is 3.16 bits per heavy atom. The zero-order chi connectivity index (χ0) is 13.7. The van der Waals surface area contributed by atoms with Gasteiger partial charge in [-0.05, 0) is 36.3 Å². The number of carbonyl (C=O) groups is 1. The topological polar surface area (TPSA) is 38.3 Å². The number of benzene rings is 1. The molecule has 1 aromatic carbocycles. The van der Waals surface area contributed by atoms with Crippen molar-refractivity contribution in [2.24, 2.45) is 0 Å². The van der Waals surface area contributed by atoms with E-state index in [1.807, 2.05) is 12.1 Å². The number of thioether (sulfide) groups is 1. The summed E-state index contributed by atoms with van der Waals surface area (Å²) in [4.78, 5) is 11.6. The van der Waals surface area contributed by atoms with Gasteiger partial charge in [-0.3, -0.25) is 4.79 Å². The number of hydrogen-bond acceptors (Lipinski definition) is 3. The highest BCUT2D eigenvalue weighted by atomic mass is 32.2. The Bertz CT molecular complexity index is 448. The van der Waals surface area contributed by atoms with Crippen molar-refractivity contribution in [1.82, 2.24) is 5.32 Å². The number of fused-ring (bicyclic) bond motifs is 1. The van der Waals surface area contributed by atoms with Crippen LogP contribution in [0.25, 0.3) is 0 Å². The van der Waals surface area contributed by atoms with Crippen LogP contribution in [0.2, 0.25) is 0 Å². The summed E-state index contributed by atoms with van der Waals surface area (Å²) in [6, 6.07) is 6.17. The van der Waals surface area contributed by atoms with Gasteiger partial charge in [0, 0.05) is 13.0 Å². The molecule has 1 atom stereocenters. The maximum absolute atomic E-state index is 11.6. The fourth-order valence-electron chi connectivity index (χ4n) is 2.15. The Hall–Kier alpha value is -1.16. The van der Waals surface area contributed by atoms with E-state index in [1.165, 1.54) is 5.56 Å². The highest BCUT2D eigenvalue weighted by molar-refractivity contribution is 7.99. The lowest BCUT2D eigenvalue weighted by Crippen LogP contribution is -2.24. The lowest BCUT2D eigenvalue weighted by Gasteiger charge is -2.06. The fourth-order valence-corrected chi connectivity index (χ4v) is 2.87. The molecule has 1 N–H and O–H groups in total. The van der Waals surface area contributed by atoms with Crippen LogP contribution in [-0.4, -0.2) is 23.5 Å². The van der Waals surface area contributed by atoms with Crippen molar-refractivity contribution in [3.8, 4) is 5.75 Å². The molecule has 19 heavy (non-hydrogen) atoms. The molecule has 0 fully saturated rings. The van der Waals surface area contributed by atoms with Crippen molar-refractivity contribution in [2.45, 2.75) is 39.3 Å². The van der Waals surface area contributed by atoms with Gasteiger partial charge in [0.15, 0.2) is 0 Å². The van der Waals surface area contributed by atoms with E-state index >= 15 is 0 Å². The molecule has 1 aliphatic rings. The lowest BCUT2D eigenvalue weighted by molar-refractivity contribution is -0.118. The van der Waals surface area contributed by atoms with Crippen LogP contribution in [0, 0.1) is 0 Å². The number of nitrogens with one attached hydrogen (secondary N) is 1. The normalized spacial score (nSPS) is 16.8. The summed E-state index contributed by atoms with van der Waals surface area (Å²) in [7, 11) is 0. The molecule has 0 saturated heterocycles. The Morgan fingerprint density at radius 1 is 1.53 bits per heavy atom. The van der Waals surface area contributed by atoms with E-state index < -0.39 is 0 Å². The minimum atomic E-state index is 0.114. The van der Waals surface area contributed by atoms with E-state index in [2.05, 4.69) is 25.2 Å². The molecule has 0 spiro atoms. The third-order valence-corrected chi connectivity index (χ3v) is 4.19. The fraction of sp³-hybridized carbons (Fsp3) is 0.533. The number of carbonyl (C=O) groups excluding carboxylic acids is 1. The van der Waals surface area contributed by atoms with Gasteiger partial charge in [-0.2, -0.15) is 11.8 Å². The van der Waals surface area contributed by atoms with Crippen molar-refractivity contribution in [1.29, 1.82) is 0 Å². The average molecular weight is 279 g/mol. The monoisotopic (exact) mass is 279 g/mol. The van der Waals surface area contributed by atoms with E-state index in [9.17, 15) is 4.79 Å². The van der Waals surface area contributed by atoms with Crippen molar-refractivity contribution >= 4 is 17.7 Å². The predicted molar refractivity (Wildman–Crippen MR) is 79.7 cm³/mol. The molecule has 0 aliphatic carbocycles. The summed E-state index contributed by atoms with van der Waals surface area (Å²) < 4.78 is 5.66. The summed E-state index contributed by atoms with van der Waals surface area (Å²) in [5, 5.41) is 2.96. The first kappa shape index (κ1) is 14.3. The molecule has 2 rings (SSSR count). The third-order valence-electron chi connectivity index (χ3n) is 3.03. The van der Waals surface area contributed by atoms with Crippen LogP contribution in [0.1, 0.15) is 31.4 Å². The van der Waals surface area contributed by atoms with E-state index in [-0.39, 0.29) is 12.0 Å². The Balaban J connectivity index is 1.81. The molecule has 4 heteroatoms. The molecule has 1 heterocycles. The summed E-state index contributed by atoms with van der Waals surface area (Å²) in [6.45, 7) is 4.80. The largest absolute Gasteiger partial charge is 0.490 e. The van der Waals surface area contributed by atoms with E-state index in [0.717, 1.165) is 29.9 Å². The van der Waals surface area contributed by atoms with Gasteiger partial charge in [-0.25, -0.2) is 0 Å².